The summed E-state index contributed by atoms with van der Waals surface area (Å²) in [6.45, 7) is 6.52. The number of benzene rings is 1. The second kappa shape index (κ2) is 6.24. The fraction of sp³-hybridized carbons (Fsp3) is 0.429. The molecule has 7 heteroatoms. The van der Waals surface area contributed by atoms with E-state index in [4.69, 9.17) is 10.00 Å². The Morgan fingerprint density at radius 3 is 2.24 bits per heavy atom. The molecule has 1 atom stereocenters. The summed E-state index contributed by atoms with van der Waals surface area (Å²) in [5.74, 6) is -0.653. The van der Waals surface area contributed by atoms with E-state index >= 15 is 0 Å². The van der Waals surface area contributed by atoms with Crippen LogP contribution in [0.3, 0.4) is 0 Å². The summed E-state index contributed by atoms with van der Waals surface area (Å²) in [7, 11) is -3.85. The number of carbonyl (C=O) groups excluding carboxylic acids is 1. The average molecular weight is 310 g/mol. The van der Waals surface area contributed by atoms with Gasteiger partial charge >= 0.3 is 5.97 Å². The van der Waals surface area contributed by atoms with Crippen molar-refractivity contribution in [3.8, 4) is 6.07 Å². The summed E-state index contributed by atoms with van der Waals surface area (Å²) >= 11 is 0. The summed E-state index contributed by atoms with van der Waals surface area (Å²) in [5.41, 5.74) is -0.334. The SMILES string of the molecule is C[C@H](NS(=O)(=O)c1ccc(C#N)cc1)C(=O)OC(C)(C)C. The quantitative estimate of drug-likeness (QED) is 0.851. The van der Waals surface area contributed by atoms with Gasteiger partial charge in [0.05, 0.1) is 16.5 Å². The molecule has 0 aromatic heterocycles. The molecule has 0 unspecified atom stereocenters. The molecule has 1 aromatic rings. The molecule has 6 nitrogen and oxygen atoms in total. The van der Waals surface area contributed by atoms with Gasteiger partial charge in [-0.2, -0.15) is 9.98 Å². The Balaban J connectivity index is 2.84. The first-order valence-electron chi connectivity index (χ1n) is 6.30. The molecule has 0 radical (unpaired) electrons. The van der Waals surface area contributed by atoms with E-state index in [0.29, 0.717) is 5.56 Å². The second-order valence-electron chi connectivity index (χ2n) is 5.51. The van der Waals surface area contributed by atoms with Crippen molar-refractivity contribution in [2.45, 2.75) is 44.2 Å². The Morgan fingerprint density at radius 1 is 1.29 bits per heavy atom. The van der Waals surface area contributed by atoms with E-state index in [2.05, 4.69) is 4.72 Å². The Hall–Kier alpha value is -1.91. The van der Waals surface area contributed by atoms with Crippen molar-refractivity contribution in [1.82, 2.24) is 4.72 Å². The minimum Gasteiger partial charge on any atom is -0.459 e. The van der Waals surface area contributed by atoms with Gasteiger partial charge in [0.2, 0.25) is 10.0 Å². The van der Waals surface area contributed by atoms with Gasteiger partial charge < -0.3 is 4.74 Å². The normalized spacial score (nSPS) is 13.3. The zero-order valence-corrected chi connectivity index (χ0v) is 13.2. The zero-order valence-electron chi connectivity index (χ0n) is 12.4. The molecular weight excluding hydrogens is 292 g/mol. The van der Waals surface area contributed by atoms with E-state index in [1.54, 1.807) is 20.8 Å². The summed E-state index contributed by atoms with van der Waals surface area (Å²) in [5, 5.41) is 8.68. The summed E-state index contributed by atoms with van der Waals surface area (Å²) in [6.07, 6.45) is 0. The van der Waals surface area contributed by atoms with Crippen LogP contribution in [-0.2, 0) is 19.6 Å². The summed E-state index contributed by atoms with van der Waals surface area (Å²) < 4.78 is 31.6. The number of nitrogens with one attached hydrogen (secondary N) is 1. The van der Waals surface area contributed by atoms with Gasteiger partial charge in [0.15, 0.2) is 0 Å². The van der Waals surface area contributed by atoms with Gasteiger partial charge in [-0.3, -0.25) is 4.79 Å². The van der Waals surface area contributed by atoms with Crippen LogP contribution in [0.4, 0.5) is 0 Å². The van der Waals surface area contributed by atoms with E-state index in [-0.39, 0.29) is 4.90 Å². The van der Waals surface area contributed by atoms with Crippen LogP contribution in [0.15, 0.2) is 29.2 Å². The number of sulfonamides is 1. The molecule has 114 valence electrons. The number of carbonyl (C=O) groups is 1. The van der Waals surface area contributed by atoms with Crippen LogP contribution >= 0.6 is 0 Å². The second-order valence-corrected chi connectivity index (χ2v) is 7.23. The highest BCUT2D eigenvalue weighted by atomic mass is 32.2. The smallest absolute Gasteiger partial charge is 0.324 e. The lowest BCUT2D eigenvalue weighted by molar-refractivity contribution is -0.156. The Morgan fingerprint density at radius 2 is 1.81 bits per heavy atom. The molecule has 0 heterocycles. The maximum absolute atomic E-state index is 12.1. The van der Waals surface area contributed by atoms with Gasteiger partial charge in [-0.1, -0.05) is 0 Å². The molecule has 0 aliphatic carbocycles. The van der Waals surface area contributed by atoms with Crippen molar-refractivity contribution in [1.29, 1.82) is 5.26 Å². The van der Waals surface area contributed by atoms with Crippen LogP contribution in [0.5, 0.6) is 0 Å². The Labute approximate surface area is 124 Å². The first kappa shape index (κ1) is 17.1. The van der Waals surface area contributed by atoms with E-state index < -0.39 is 27.6 Å². The molecule has 0 aliphatic rings. The van der Waals surface area contributed by atoms with E-state index in [1.165, 1.54) is 31.2 Å². The van der Waals surface area contributed by atoms with Gasteiger partial charge in [-0.05, 0) is 52.0 Å². The first-order chi connectivity index (χ1) is 9.55. The molecule has 1 rings (SSSR count). The minimum atomic E-state index is -3.85. The highest BCUT2D eigenvalue weighted by molar-refractivity contribution is 7.89. The molecule has 0 saturated heterocycles. The monoisotopic (exact) mass is 310 g/mol. The van der Waals surface area contributed by atoms with E-state index in [0.717, 1.165) is 0 Å². The van der Waals surface area contributed by atoms with E-state index in [9.17, 15) is 13.2 Å². The molecule has 0 amide bonds. The summed E-state index contributed by atoms with van der Waals surface area (Å²) in [4.78, 5) is 11.8. The fourth-order valence-electron chi connectivity index (χ4n) is 1.45. The number of esters is 1. The lowest BCUT2D eigenvalue weighted by atomic mass is 10.2. The van der Waals surface area contributed by atoms with Crippen LogP contribution in [-0.4, -0.2) is 26.0 Å². The van der Waals surface area contributed by atoms with Crippen molar-refractivity contribution >= 4 is 16.0 Å². The van der Waals surface area contributed by atoms with Crippen LogP contribution < -0.4 is 4.72 Å². The van der Waals surface area contributed by atoms with Gasteiger partial charge in [0.1, 0.15) is 11.6 Å². The molecule has 0 saturated carbocycles. The van der Waals surface area contributed by atoms with Gasteiger partial charge in [0, 0.05) is 0 Å². The third kappa shape index (κ3) is 5.17. The number of ether oxygens (including phenoxy) is 1. The molecule has 0 aliphatic heterocycles. The van der Waals surface area contributed by atoms with Crippen molar-refractivity contribution in [2.24, 2.45) is 0 Å². The minimum absolute atomic E-state index is 0.0168. The number of rotatable bonds is 4. The molecule has 21 heavy (non-hydrogen) atoms. The van der Waals surface area contributed by atoms with Crippen molar-refractivity contribution in [2.75, 3.05) is 0 Å². The van der Waals surface area contributed by atoms with Gasteiger partial charge in [-0.25, -0.2) is 8.42 Å². The lowest BCUT2D eigenvalue weighted by Gasteiger charge is -2.22. The summed E-state index contributed by atoms with van der Waals surface area (Å²) in [6, 6.07) is 6.30. The molecule has 0 spiro atoms. The maximum atomic E-state index is 12.1. The van der Waals surface area contributed by atoms with Crippen LogP contribution in [0.25, 0.3) is 0 Å². The van der Waals surface area contributed by atoms with Gasteiger partial charge in [0.25, 0.3) is 0 Å². The number of nitriles is 1. The predicted octanol–water partition coefficient (Wildman–Crippen LogP) is 1.57. The predicted molar refractivity (Wildman–Crippen MR) is 76.8 cm³/mol. The Bertz CT molecular complexity index is 652. The van der Waals surface area contributed by atoms with Crippen LogP contribution in [0.2, 0.25) is 0 Å². The largest absolute Gasteiger partial charge is 0.459 e. The van der Waals surface area contributed by atoms with Crippen molar-refractivity contribution < 1.29 is 17.9 Å². The molecule has 1 N–H and O–H groups in total. The average Bonchev–Trinajstić information content (AvgIpc) is 2.36. The highest BCUT2D eigenvalue weighted by Gasteiger charge is 2.26. The van der Waals surface area contributed by atoms with E-state index in [1.807, 2.05) is 6.07 Å². The van der Waals surface area contributed by atoms with Crippen LogP contribution in [0, 0.1) is 11.3 Å². The molecule has 0 bridgehead atoms. The standard InChI is InChI=1S/C14H18N2O4S/c1-10(13(17)20-14(2,3)4)16-21(18,19)12-7-5-11(9-15)6-8-12/h5-8,10,16H,1-4H3/t10-/m0/s1. The number of hydrogen-bond donors (Lipinski definition) is 1. The lowest BCUT2D eigenvalue weighted by Crippen LogP contribution is -2.42. The third-order valence-electron chi connectivity index (χ3n) is 2.39. The molecule has 1 aromatic carbocycles. The van der Waals surface area contributed by atoms with Crippen LogP contribution in [0.1, 0.15) is 33.3 Å². The topological polar surface area (TPSA) is 96.3 Å². The third-order valence-corrected chi connectivity index (χ3v) is 3.94. The molecule has 0 fully saturated rings. The zero-order chi connectivity index (χ0) is 16.3. The number of hydrogen-bond acceptors (Lipinski definition) is 5. The number of nitrogens with zero attached hydrogens (tertiary/aromatic N) is 1. The maximum Gasteiger partial charge on any atom is 0.324 e. The van der Waals surface area contributed by atoms with Crippen molar-refractivity contribution in [3.63, 3.8) is 0 Å². The fourth-order valence-corrected chi connectivity index (χ4v) is 2.64. The molecular formula is C14H18N2O4S. The van der Waals surface area contributed by atoms with Crippen molar-refractivity contribution in [3.05, 3.63) is 29.8 Å². The highest BCUT2D eigenvalue weighted by Crippen LogP contribution is 2.12. The first-order valence-corrected chi connectivity index (χ1v) is 7.79. The van der Waals surface area contributed by atoms with Gasteiger partial charge in [-0.15, -0.1) is 0 Å². The Kier molecular flexibility index (Phi) is 5.10.